The number of hydrogen-bond acceptors (Lipinski definition) is 1. The number of carbonyl (C=O) groups is 1. The largest absolute Gasteiger partial charge is 0.467 e. The summed E-state index contributed by atoms with van der Waals surface area (Å²) in [4.78, 5) is 15.5. The number of fused-ring (bicyclic) bond motifs is 1. The maximum Gasteiger partial charge on any atom is 0.430 e. The van der Waals surface area contributed by atoms with Gasteiger partial charge in [0, 0.05) is 7.05 Å². The summed E-state index contributed by atoms with van der Waals surface area (Å²) < 4.78 is 36.3. The van der Waals surface area contributed by atoms with E-state index in [-0.39, 0.29) is 5.72 Å². The summed E-state index contributed by atoms with van der Waals surface area (Å²) in [5, 5.41) is 0. The number of halogens is 2. The van der Waals surface area contributed by atoms with Gasteiger partial charge in [0.2, 0.25) is 5.91 Å². The first-order valence-electron chi connectivity index (χ1n) is 11.9. The second-order valence-corrected chi connectivity index (χ2v) is 9.29. The zero-order valence-electron chi connectivity index (χ0n) is 20.3. The standard InChI is InChI=1S/C27H32BF2N3O/c1-5-6-12-22-19-21-15-10-11-16-23(21)33(4)26(34)25(24(22)20-13-8-7-9-14-20)28(29,30)27-31(2)17-18-32(27)3/h7-11,13-19,24-25H,5-6,12H2,1-4H3/b22-19-/t24-,25+/m0/s1. The molecule has 0 aliphatic carbocycles. The molecule has 1 aromatic heterocycles. The van der Waals surface area contributed by atoms with E-state index in [1.165, 1.54) is 14.0 Å². The zero-order valence-corrected chi connectivity index (χ0v) is 20.3. The van der Waals surface area contributed by atoms with E-state index in [4.69, 9.17) is 0 Å². The maximum atomic E-state index is 16.7. The van der Waals surface area contributed by atoms with Crippen molar-refractivity contribution in [3.8, 4) is 0 Å². The predicted octanol–water partition coefficient (Wildman–Crippen LogP) is 4.84. The van der Waals surface area contributed by atoms with Gasteiger partial charge in [0.05, 0.1) is 19.8 Å². The minimum atomic E-state index is -4.28. The SMILES string of the molecule is CCCC/C1=C/c2ccccc2N(C)C(=O)[C@H]([B-](F)(F)c2n(C)cc[n+]2C)[C@H]1c1ccccc1. The summed E-state index contributed by atoms with van der Waals surface area (Å²) in [5.41, 5.74) is 3.03. The normalized spacial score (nSPS) is 20.4. The fraction of sp³-hybridized carbons (Fsp3) is 0.333. The molecular weight excluding hydrogens is 431 g/mol. The van der Waals surface area contributed by atoms with Crippen molar-refractivity contribution >= 4 is 30.1 Å². The van der Waals surface area contributed by atoms with Gasteiger partial charge in [-0.25, -0.2) is 0 Å². The Hall–Kier alpha value is -3.22. The van der Waals surface area contributed by atoms with E-state index in [2.05, 4.69) is 6.92 Å². The van der Waals surface area contributed by atoms with E-state index < -0.39 is 24.3 Å². The van der Waals surface area contributed by atoms with Crippen molar-refractivity contribution in [3.05, 3.63) is 83.7 Å². The van der Waals surface area contributed by atoms with Crippen LogP contribution in [0.25, 0.3) is 6.08 Å². The maximum absolute atomic E-state index is 16.7. The number of amides is 1. The highest BCUT2D eigenvalue weighted by Crippen LogP contribution is 2.48. The van der Waals surface area contributed by atoms with Crippen LogP contribution >= 0.6 is 0 Å². The number of unbranched alkanes of at least 4 members (excludes halogenated alkanes) is 1. The number of anilines is 1. The Morgan fingerprint density at radius 1 is 1.03 bits per heavy atom. The van der Waals surface area contributed by atoms with Crippen molar-refractivity contribution in [3.63, 3.8) is 0 Å². The summed E-state index contributed by atoms with van der Waals surface area (Å²) in [7, 11) is 4.84. The van der Waals surface area contributed by atoms with Gasteiger partial charge in [-0.3, -0.25) is 13.9 Å². The Kier molecular flexibility index (Phi) is 6.73. The van der Waals surface area contributed by atoms with Crippen LogP contribution < -0.4 is 15.2 Å². The molecule has 0 radical (unpaired) electrons. The van der Waals surface area contributed by atoms with Crippen molar-refractivity contribution in [2.45, 2.75) is 37.9 Å². The minimum absolute atomic E-state index is 0.128. The average Bonchev–Trinajstić information content (AvgIpc) is 3.18. The first kappa shape index (κ1) is 23.9. The molecule has 7 heteroatoms. The molecule has 2 aromatic carbocycles. The first-order chi connectivity index (χ1) is 16.3. The van der Waals surface area contributed by atoms with E-state index in [0.29, 0.717) is 12.1 Å². The van der Waals surface area contributed by atoms with Crippen LogP contribution in [0.5, 0.6) is 0 Å². The van der Waals surface area contributed by atoms with Crippen LogP contribution in [-0.2, 0) is 18.9 Å². The average molecular weight is 463 g/mol. The number of aromatic nitrogens is 2. The molecule has 34 heavy (non-hydrogen) atoms. The Labute approximate surface area is 200 Å². The van der Waals surface area contributed by atoms with E-state index in [0.717, 1.165) is 29.5 Å². The Balaban J connectivity index is 2.02. The molecule has 0 saturated carbocycles. The van der Waals surface area contributed by atoms with Gasteiger partial charge in [-0.1, -0.05) is 73.5 Å². The summed E-state index contributed by atoms with van der Waals surface area (Å²) in [6.07, 6.45) is 7.72. The van der Waals surface area contributed by atoms with Gasteiger partial charge in [0.1, 0.15) is 12.4 Å². The third-order valence-electron chi connectivity index (χ3n) is 7.02. The van der Waals surface area contributed by atoms with Gasteiger partial charge >= 0.3 is 6.70 Å². The molecule has 1 aliphatic rings. The minimum Gasteiger partial charge on any atom is -0.467 e. The van der Waals surface area contributed by atoms with Crippen molar-refractivity contribution < 1.29 is 18.0 Å². The number of hydrogen-bond donors (Lipinski definition) is 0. The van der Waals surface area contributed by atoms with Crippen LogP contribution in [-0.4, -0.2) is 24.2 Å². The topological polar surface area (TPSA) is 29.1 Å². The van der Waals surface area contributed by atoms with E-state index >= 15 is 8.63 Å². The Bertz CT molecular complexity index is 1190. The Morgan fingerprint density at radius 2 is 1.71 bits per heavy atom. The molecule has 3 aromatic rings. The molecule has 4 rings (SSSR count). The lowest BCUT2D eigenvalue weighted by Crippen LogP contribution is -2.65. The van der Waals surface area contributed by atoms with Crippen molar-refractivity contribution in [2.24, 2.45) is 14.1 Å². The molecule has 2 heterocycles. The van der Waals surface area contributed by atoms with Gasteiger partial charge in [0.15, 0.2) is 5.72 Å². The lowest BCUT2D eigenvalue weighted by molar-refractivity contribution is -0.654. The van der Waals surface area contributed by atoms with E-state index in [9.17, 15) is 4.79 Å². The number of imidazole rings is 1. The van der Waals surface area contributed by atoms with Crippen LogP contribution in [0.3, 0.4) is 0 Å². The second-order valence-electron chi connectivity index (χ2n) is 9.29. The number of aryl methyl sites for hydroxylation is 2. The highest BCUT2D eigenvalue weighted by atomic mass is 19.2. The number of allylic oxidation sites excluding steroid dienone is 1. The highest BCUT2D eigenvalue weighted by Gasteiger charge is 2.53. The lowest BCUT2D eigenvalue weighted by atomic mass is 9.45. The Morgan fingerprint density at radius 3 is 2.35 bits per heavy atom. The summed E-state index contributed by atoms with van der Waals surface area (Å²) >= 11 is 0. The van der Waals surface area contributed by atoms with E-state index in [1.807, 2.05) is 60.7 Å². The molecule has 4 nitrogen and oxygen atoms in total. The number of para-hydroxylation sites is 1. The molecule has 0 fully saturated rings. The van der Waals surface area contributed by atoms with Gasteiger partial charge in [0.25, 0.3) is 0 Å². The molecular formula is C27H32BF2N3O. The lowest BCUT2D eigenvalue weighted by Gasteiger charge is -2.41. The van der Waals surface area contributed by atoms with Gasteiger partial charge in [-0.05, 0) is 41.8 Å². The smallest absolute Gasteiger partial charge is 0.430 e. The van der Waals surface area contributed by atoms with Crippen molar-refractivity contribution in [1.29, 1.82) is 0 Å². The van der Waals surface area contributed by atoms with Crippen molar-refractivity contribution in [2.75, 3.05) is 11.9 Å². The molecule has 1 amide bonds. The third-order valence-corrected chi connectivity index (χ3v) is 7.02. The second kappa shape index (κ2) is 9.57. The molecule has 0 saturated heterocycles. The van der Waals surface area contributed by atoms with Crippen LogP contribution in [0.1, 0.15) is 43.2 Å². The quantitative estimate of drug-likeness (QED) is 0.380. The van der Waals surface area contributed by atoms with Crippen molar-refractivity contribution in [1.82, 2.24) is 4.57 Å². The van der Waals surface area contributed by atoms with Crippen LogP contribution in [0.4, 0.5) is 14.3 Å². The molecule has 0 N–H and O–H groups in total. The zero-order chi connectivity index (χ0) is 24.5. The highest BCUT2D eigenvalue weighted by molar-refractivity contribution is 6.82. The number of nitrogens with zero attached hydrogens (tertiary/aromatic N) is 3. The fourth-order valence-corrected chi connectivity index (χ4v) is 5.34. The molecule has 1 aliphatic heterocycles. The molecule has 0 spiro atoms. The number of benzene rings is 2. The third kappa shape index (κ3) is 4.19. The van der Waals surface area contributed by atoms with Gasteiger partial charge in [-0.15, -0.1) is 0 Å². The molecule has 0 unspecified atom stereocenters. The number of carbonyl (C=O) groups excluding carboxylic acids is 1. The molecule has 0 bridgehead atoms. The monoisotopic (exact) mass is 463 g/mol. The summed E-state index contributed by atoms with van der Waals surface area (Å²) in [5.74, 6) is -2.83. The van der Waals surface area contributed by atoms with E-state index in [1.54, 1.807) is 33.5 Å². The molecule has 2 atom stereocenters. The fourth-order valence-electron chi connectivity index (χ4n) is 5.34. The van der Waals surface area contributed by atoms with Gasteiger partial charge < -0.3 is 13.5 Å². The molecule has 178 valence electrons. The first-order valence-corrected chi connectivity index (χ1v) is 11.9. The summed E-state index contributed by atoms with van der Waals surface area (Å²) in [6.45, 7) is -2.19. The predicted molar refractivity (Wildman–Crippen MR) is 134 cm³/mol. The summed E-state index contributed by atoms with van der Waals surface area (Å²) in [6, 6.07) is 16.9. The number of rotatable bonds is 6. The van der Waals surface area contributed by atoms with Crippen LogP contribution in [0.15, 0.2) is 72.6 Å². The van der Waals surface area contributed by atoms with Gasteiger partial charge in [-0.2, -0.15) is 0 Å². The van der Waals surface area contributed by atoms with Crippen LogP contribution in [0.2, 0.25) is 5.82 Å². The van der Waals surface area contributed by atoms with Crippen LogP contribution in [0, 0.1) is 0 Å².